The number of aryl methyl sites for hydroxylation is 1. The molecule has 0 fully saturated rings. The first-order valence-electron chi connectivity index (χ1n) is 5.63. The number of hydrogen-bond donors (Lipinski definition) is 1. The van der Waals surface area contributed by atoms with Crippen LogP contribution in [0.3, 0.4) is 0 Å². The second kappa shape index (κ2) is 4.94. The number of benzene rings is 1. The third-order valence-electron chi connectivity index (χ3n) is 2.62. The van der Waals surface area contributed by atoms with Crippen LogP contribution >= 0.6 is 0 Å². The second-order valence-corrected chi connectivity index (χ2v) is 3.70. The maximum Gasteiger partial charge on any atom is 0.0841 e. The van der Waals surface area contributed by atoms with Gasteiger partial charge in [0.1, 0.15) is 0 Å². The van der Waals surface area contributed by atoms with Gasteiger partial charge >= 0.3 is 0 Å². The van der Waals surface area contributed by atoms with Crippen molar-refractivity contribution in [3.63, 3.8) is 0 Å². The predicted octanol–water partition coefficient (Wildman–Crippen LogP) is 2.33. The first kappa shape index (κ1) is 10.9. The number of rotatable bonds is 5. The van der Waals surface area contributed by atoms with Crippen molar-refractivity contribution in [3.05, 3.63) is 42.6 Å². The molecule has 1 N–H and O–H groups in total. The summed E-state index contributed by atoms with van der Waals surface area (Å²) in [4.78, 5) is 0. The normalized spacial score (nSPS) is 10.8. The van der Waals surface area contributed by atoms with Crippen molar-refractivity contribution in [3.8, 4) is 0 Å². The van der Waals surface area contributed by atoms with E-state index in [4.69, 9.17) is 0 Å². The zero-order valence-electron chi connectivity index (χ0n) is 9.61. The van der Waals surface area contributed by atoms with E-state index in [1.54, 1.807) is 0 Å². The Bertz CT molecular complexity index is 485. The molecule has 0 radical (unpaired) electrons. The van der Waals surface area contributed by atoms with Crippen molar-refractivity contribution in [2.75, 3.05) is 6.54 Å². The number of para-hydroxylation sites is 1. The first-order chi connectivity index (χ1) is 7.86. The van der Waals surface area contributed by atoms with Crippen LogP contribution in [0.5, 0.6) is 0 Å². The van der Waals surface area contributed by atoms with Gasteiger partial charge in [-0.05, 0) is 13.0 Å². The minimum absolute atomic E-state index is 0.791. The smallest absolute Gasteiger partial charge is 0.0841 e. The largest absolute Gasteiger partial charge is 0.308 e. The molecule has 0 unspecified atom stereocenters. The molecule has 2 rings (SSSR count). The molecule has 16 heavy (non-hydrogen) atoms. The van der Waals surface area contributed by atoms with Gasteiger partial charge in [-0.2, -0.15) is 5.10 Å². The van der Waals surface area contributed by atoms with Gasteiger partial charge in [-0.1, -0.05) is 24.3 Å². The molecule has 0 aliphatic rings. The molecule has 0 spiro atoms. The second-order valence-electron chi connectivity index (χ2n) is 3.70. The fourth-order valence-electron chi connectivity index (χ4n) is 1.86. The Hall–Kier alpha value is -1.61. The van der Waals surface area contributed by atoms with Crippen molar-refractivity contribution in [2.45, 2.75) is 20.0 Å². The Morgan fingerprint density at radius 3 is 3.00 bits per heavy atom. The van der Waals surface area contributed by atoms with E-state index < -0.39 is 0 Å². The molecule has 1 heterocycles. The lowest BCUT2D eigenvalue weighted by Gasteiger charge is -1.97. The van der Waals surface area contributed by atoms with Crippen LogP contribution in [-0.2, 0) is 13.1 Å². The van der Waals surface area contributed by atoms with E-state index in [1.165, 1.54) is 10.9 Å². The lowest BCUT2D eigenvalue weighted by Crippen LogP contribution is -2.13. The lowest BCUT2D eigenvalue weighted by atomic mass is 10.2. The van der Waals surface area contributed by atoms with Crippen LogP contribution in [0.25, 0.3) is 10.9 Å². The van der Waals surface area contributed by atoms with Crippen molar-refractivity contribution >= 4 is 10.9 Å². The van der Waals surface area contributed by atoms with Gasteiger partial charge in [0.05, 0.1) is 11.2 Å². The molecule has 0 bridgehead atoms. The average molecular weight is 215 g/mol. The fraction of sp³-hybridized carbons (Fsp3) is 0.308. The van der Waals surface area contributed by atoms with Crippen LogP contribution in [0, 0.1) is 0 Å². The highest BCUT2D eigenvalue weighted by atomic mass is 15.3. The maximum atomic E-state index is 4.60. The Kier molecular flexibility index (Phi) is 3.37. The summed E-state index contributed by atoms with van der Waals surface area (Å²) in [7, 11) is 0. The number of nitrogens with one attached hydrogen (secondary N) is 1. The summed E-state index contributed by atoms with van der Waals surface area (Å²) >= 11 is 0. The quantitative estimate of drug-likeness (QED) is 0.613. The summed E-state index contributed by atoms with van der Waals surface area (Å²) in [6, 6.07) is 8.35. The highest BCUT2D eigenvalue weighted by Crippen LogP contribution is 2.17. The molecule has 2 aromatic rings. The number of nitrogens with zero attached hydrogens (tertiary/aromatic N) is 2. The molecule has 3 nitrogen and oxygen atoms in total. The van der Waals surface area contributed by atoms with Gasteiger partial charge in [0.25, 0.3) is 0 Å². The van der Waals surface area contributed by atoms with Crippen LogP contribution in [0.4, 0.5) is 0 Å². The molecule has 0 atom stereocenters. The molecule has 0 aliphatic carbocycles. The monoisotopic (exact) mass is 215 g/mol. The van der Waals surface area contributed by atoms with Crippen molar-refractivity contribution < 1.29 is 0 Å². The fourth-order valence-corrected chi connectivity index (χ4v) is 1.86. The summed E-state index contributed by atoms with van der Waals surface area (Å²) in [5.41, 5.74) is 2.32. The van der Waals surface area contributed by atoms with Crippen LogP contribution < -0.4 is 5.32 Å². The van der Waals surface area contributed by atoms with Gasteiger partial charge in [0.15, 0.2) is 0 Å². The minimum Gasteiger partial charge on any atom is -0.308 e. The average Bonchev–Trinajstić information content (AvgIpc) is 2.68. The summed E-state index contributed by atoms with van der Waals surface area (Å²) < 4.78 is 2.04. The molecule has 0 saturated heterocycles. The van der Waals surface area contributed by atoms with Gasteiger partial charge in [-0.15, -0.1) is 6.58 Å². The molecule has 3 heteroatoms. The Labute approximate surface area is 95.8 Å². The van der Waals surface area contributed by atoms with Crippen LogP contribution in [-0.4, -0.2) is 16.3 Å². The zero-order chi connectivity index (χ0) is 11.4. The third-order valence-corrected chi connectivity index (χ3v) is 2.62. The molecule has 1 aromatic carbocycles. The van der Waals surface area contributed by atoms with Gasteiger partial charge in [0.2, 0.25) is 0 Å². The summed E-state index contributed by atoms with van der Waals surface area (Å²) in [5.74, 6) is 0. The van der Waals surface area contributed by atoms with Gasteiger partial charge in [-0.25, -0.2) is 0 Å². The van der Waals surface area contributed by atoms with Crippen molar-refractivity contribution in [2.24, 2.45) is 0 Å². The highest BCUT2D eigenvalue weighted by Gasteiger charge is 2.07. The Balaban J connectivity index is 2.33. The Morgan fingerprint density at radius 1 is 1.44 bits per heavy atom. The van der Waals surface area contributed by atoms with E-state index in [9.17, 15) is 0 Å². The molecule has 0 saturated carbocycles. The highest BCUT2D eigenvalue weighted by molar-refractivity contribution is 5.81. The minimum atomic E-state index is 0.791. The summed E-state index contributed by atoms with van der Waals surface area (Å²) in [5, 5.41) is 9.12. The van der Waals surface area contributed by atoms with E-state index in [2.05, 4.69) is 48.2 Å². The molecule has 1 aromatic heterocycles. The maximum absolute atomic E-state index is 4.60. The van der Waals surface area contributed by atoms with Gasteiger partial charge in [0, 0.05) is 25.0 Å². The van der Waals surface area contributed by atoms with E-state index >= 15 is 0 Å². The lowest BCUT2D eigenvalue weighted by molar-refractivity contribution is 0.648. The Morgan fingerprint density at radius 2 is 2.25 bits per heavy atom. The van der Waals surface area contributed by atoms with Crippen molar-refractivity contribution in [1.29, 1.82) is 0 Å². The molecule has 0 amide bonds. The SMILES string of the molecule is C=CCNCc1nn(CC)c2ccccc12. The summed E-state index contributed by atoms with van der Waals surface area (Å²) in [6.07, 6.45) is 1.86. The third kappa shape index (κ3) is 1.99. The van der Waals surface area contributed by atoms with Crippen molar-refractivity contribution in [1.82, 2.24) is 15.1 Å². The molecule has 84 valence electrons. The van der Waals surface area contributed by atoms with Gasteiger partial charge < -0.3 is 5.32 Å². The molecular weight excluding hydrogens is 198 g/mol. The molecular formula is C13H17N3. The van der Waals surface area contributed by atoms with E-state index in [1.807, 2.05) is 10.8 Å². The molecule has 0 aliphatic heterocycles. The summed E-state index contributed by atoms with van der Waals surface area (Å²) in [6.45, 7) is 8.31. The zero-order valence-corrected chi connectivity index (χ0v) is 9.61. The first-order valence-corrected chi connectivity index (χ1v) is 5.63. The van der Waals surface area contributed by atoms with E-state index in [0.717, 1.165) is 25.3 Å². The standard InChI is InChI=1S/C13H17N3/c1-3-9-14-10-12-11-7-5-6-8-13(11)16(4-2)15-12/h3,5-8,14H,1,4,9-10H2,2H3. The van der Waals surface area contributed by atoms with Crippen LogP contribution in [0.2, 0.25) is 0 Å². The van der Waals surface area contributed by atoms with Crippen LogP contribution in [0.15, 0.2) is 36.9 Å². The number of aromatic nitrogens is 2. The predicted molar refractivity (Wildman–Crippen MR) is 67.3 cm³/mol. The van der Waals surface area contributed by atoms with Crippen LogP contribution in [0.1, 0.15) is 12.6 Å². The number of fused-ring (bicyclic) bond motifs is 1. The number of hydrogen-bond acceptors (Lipinski definition) is 2. The van der Waals surface area contributed by atoms with E-state index in [-0.39, 0.29) is 0 Å². The topological polar surface area (TPSA) is 29.9 Å². The van der Waals surface area contributed by atoms with Gasteiger partial charge in [-0.3, -0.25) is 4.68 Å². The van der Waals surface area contributed by atoms with E-state index in [0.29, 0.717) is 0 Å².